The Morgan fingerprint density at radius 3 is 2.59 bits per heavy atom. The molecule has 0 saturated carbocycles. The van der Waals surface area contributed by atoms with Crippen molar-refractivity contribution in [1.29, 1.82) is 0 Å². The Balaban J connectivity index is 1.69. The number of hydrogen-bond donors (Lipinski definition) is 0. The molecule has 1 aliphatic rings. The van der Waals surface area contributed by atoms with Gasteiger partial charge in [0.2, 0.25) is 0 Å². The van der Waals surface area contributed by atoms with Gasteiger partial charge in [-0.3, -0.25) is 9.43 Å². The van der Waals surface area contributed by atoms with Crippen molar-refractivity contribution in [2.24, 2.45) is 10.3 Å². The van der Waals surface area contributed by atoms with Crippen LogP contribution in [-0.4, -0.2) is 34.5 Å². The Bertz CT molecular complexity index is 803. The minimum absolute atomic E-state index is 0.281. The number of nitrogens with zero attached hydrogens (tertiary/aromatic N) is 4. The van der Waals surface area contributed by atoms with E-state index in [0.717, 1.165) is 16.9 Å². The molecule has 0 amide bonds. The molecule has 0 aliphatic carbocycles. The molecule has 6 nitrogen and oxygen atoms in total. The van der Waals surface area contributed by atoms with E-state index in [2.05, 4.69) is 10.3 Å². The van der Waals surface area contributed by atoms with Crippen molar-refractivity contribution in [3.05, 3.63) is 69.6 Å². The number of halogens is 3. The van der Waals surface area contributed by atoms with Gasteiger partial charge in [-0.2, -0.15) is 10.0 Å². The van der Waals surface area contributed by atoms with Crippen LogP contribution in [0.15, 0.2) is 58.8 Å². The van der Waals surface area contributed by atoms with E-state index in [9.17, 15) is 4.91 Å². The summed E-state index contributed by atoms with van der Waals surface area (Å²) in [5, 5.41) is 9.50. The fourth-order valence-electron chi connectivity index (χ4n) is 2.75. The summed E-state index contributed by atoms with van der Waals surface area (Å²) in [5.41, 5.74) is 0.934. The van der Waals surface area contributed by atoms with Gasteiger partial charge >= 0.3 is 0 Å². The zero-order valence-electron chi connectivity index (χ0n) is 14.2. The molecule has 2 unspecified atom stereocenters. The van der Waals surface area contributed by atoms with Crippen LogP contribution in [0.1, 0.15) is 17.2 Å². The third kappa shape index (κ3) is 5.03. The molecule has 2 atom stereocenters. The van der Waals surface area contributed by atoms with Crippen molar-refractivity contribution in [3.63, 3.8) is 0 Å². The lowest BCUT2D eigenvalue weighted by molar-refractivity contribution is 0.231. The van der Waals surface area contributed by atoms with Gasteiger partial charge in [-0.15, -0.1) is 0 Å². The summed E-state index contributed by atoms with van der Waals surface area (Å²) in [4.78, 5) is 11.6. The summed E-state index contributed by atoms with van der Waals surface area (Å²) < 4.78 is 7.10. The number of ether oxygens (including phenoxy) is 1. The Hall–Kier alpha value is -2.02. The first kappa shape index (κ1) is 19.7. The van der Waals surface area contributed by atoms with Crippen LogP contribution in [0.5, 0.6) is 5.75 Å². The number of benzene rings is 2. The SMILES string of the molecule is O=NC(c1ccccc1CCOc1ccc(Cl)cc1)C(Cl)N1CN(Cl)C=N1. The zero-order valence-corrected chi connectivity index (χ0v) is 16.5. The smallest absolute Gasteiger partial charge is 0.153 e. The van der Waals surface area contributed by atoms with E-state index in [4.69, 9.17) is 39.7 Å². The van der Waals surface area contributed by atoms with E-state index in [1.165, 1.54) is 15.8 Å². The van der Waals surface area contributed by atoms with Crippen molar-refractivity contribution in [2.75, 3.05) is 13.3 Å². The predicted octanol–water partition coefficient (Wildman–Crippen LogP) is 5.01. The van der Waals surface area contributed by atoms with Crippen molar-refractivity contribution in [2.45, 2.75) is 18.0 Å². The van der Waals surface area contributed by atoms with Crippen LogP contribution >= 0.6 is 35.0 Å². The molecule has 142 valence electrons. The third-order valence-corrected chi connectivity index (χ3v) is 5.00. The number of hydrogen-bond acceptors (Lipinski definition) is 6. The quantitative estimate of drug-likeness (QED) is 0.257. The Morgan fingerprint density at radius 1 is 1.19 bits per heavy atom. The van der Waals surface area contributed by atoms with E-state index in [0.29, 0.717) is 18.1 Å². The van der Waals surface area contributed by atoms with Crippen LogP contribution in [0, 0.1) is 4.91 Å². The molecule has 1 heterocycles. The van der Waals surface area contributed by atoms with Crippen LogP contribution in [0.2, 0.25) is 5.02 Å². The maximum Gasteiger partial charge on any atom is 0.153 e. The molecule has 0 fully saturated rings. The lowest BCUT2D eigenvalue weighted by Crippen LogP contribution is -2.32. The summed E-state index contributed by atoms with van der Waals surface area (Å²) in [7, 11) is 0. The number of nitroso groups, excluding NO2 is 1. The molecule has 0 saturated heterocycles. The largest absolute Gasteiger partial charge is 0.493 e. The molecule has 1 aliphatic heterocycles. The first-order chi connectivity index (χ1) is 13.1. The molecule has 9 heteroatoms. The van der Waals surface area contributed by atoms with Crippen LogP contribution in [0.3, 0.4) is 0 Å². The summed E-state index contributed by atoms with van der Waals surface area (Å²) >= 11 is 18.2. The first-order valence-electron chi connectivity index (χ1n) is 8.24. The molecule has 0 bridgehead atoms. The summed E-state index contributed by atoms with van der Waals surface area (Å²) in [6, 6.07) is 13.9. The van der Waals surface area contributed by atoms with Crippen molar-refractivity contribution in [1.82, 2.24) is 9.43 Å². The standard InChI is InChI=1S/C18H17Cl3N4O2/c19-14-5-7-15(8-6-14)27-10-9-13-3-1-2-4-16(13)17(23-26)18(20)25-12-24(21)11-22-25/h1-8,11,17-18H,9-10,12H2. The maximum atomic E-state index is 11.6. The highest BCUT2D eigenvalue weighted by Crippen LogP contribution is 2.32. The van der Waals surface area contributed by atoms with Gasteiger partial charge in [0.25, 0.3) is 0 Å². The van der Waals surface area contributed by atoms with E-state index in [1.807, 2.05) is 36.4 Å². The minimum Gasteiger partial charge on any atom is -0.493 e. The zero-order chi connectivity index (χ0) is 19.2. The van der Waals surface area contributed by atoms with E-state index in [-0.39, 0.29) is 6.67 Å². The van der Waals surface area contributed by atoms with Gasteiger partial charge in [0.15, 0.2) is 11.5 Å². The van der Waals surface area contributed by atoms with Crippen LogP contribution in [-0.2, 0) is 6.42 Å². The lowest BCUT2D eigenvalue weighted by Gasteiger charge is -2.25. The van der Waals surface area contributed by atoms with Gasteiger partial charge in [-0.25, -0.2) is 0 Å². The Kier molecular flexibility index (Phi) is 6.77. The average molecular weight is 428 g/mol. The monoisotopic (exact) mass is 426 g/mol. The van der Waals surface area contributed by atoms with E-state index >= 15 is 0 Å². The van der Waals surface area contributed by atoms with Gasteiger partial charge in [0.05, 0.1) is 6.61 Å². The molecular formula is C18H17Cl3N4O2. The third-order valence-electron chi connectivity index (χ3n) is 4.09. The van der Waals surface area contributed by atoms with Crippen molar-refractivity contribution < 1.29 is 4.74 Å². The summed E-state index contributed by atoms with van der Waals surface area (Å²) in [6.45, 7) is 0.720. The van der Waals surface area contributed by atoms with E-state index < -0.39 is 11.5 Å². The predicted molar refractivity (Wildman–Crippen MR) is 108 cm³/mol. The molecule has 0 spiro atoms. The second-order valence-electron chi connectivity index (χ2n) is 5.89. The molecule has 2 aromatic rings. The summed E-state index contributed by atoms with van der Waals surface area (Å²) in [5.74, 6) is 0.728. The second-order valence-corrected chi connectivity index (χ2v) is 7.20. The second kappa shape index (κ2) is 9.26. The van der Waals surface area contributed by atoms with Gasteiger partial charge in [-0.05, 0) is 35.4 Å². The highest BCUT2D eigenvalue weighted by molar-refractivity contribution is 6.30. The fourth-order valence-corrected chi connectivity index (χ4v) is 3.32. The van der Waals surface area contributed by atoms with Gasteiger partial charge in [0.1, 0.15) is 18.8 Å². The van der Waals surface area contributed by atoms with Gasteiger partial charge in [0, 0.05) is 23.2 Å². The maximum absolute atomic E-state index is 11.6. The molecule has 27 heavy (non-hydrogen) atoms. The highest BCUT2D eigenvalue weighted by atomic mass is 35.5. The Morgan fingerprint density at radius 2 is 1.93 bits per heavy atom. The first-order valence-corrected chi connectivity index (χ1v) is 9.39. The fraction of sp³-hybridized carbons (Fsp3) is 0.278. The topological polar surface area (TPSA) is 57.5 Å². The number of alkyl halides is 1. The Labute approximate surface area is 172 Å². The van der Waals surface area contributed by atoms with Crippen molar-refractivity contribution >= 4 is 41.3 Å². The molecule has 0 N–H and O–H groups in total. The average Bonchev–Trinajstić information content (AvgIpc) is 3.11. The minimum atomic E-state index is -0.793. The van der Waals surface area contributed by atoms with Gasteiger partial charge < -0.3 is 4.74 Å². The summed E-state index contributed by atoms with van der Waals surface area (Å²) in [6.07, 6.45) is 2.03. The van der Waals surface area contributed by atoms with Crippen molar-refractivity contribution in [3.8, 4) is 5.75 Å². The molecular weight excluding hydrogens is 411 g/mol. The van der Waals surface area contributed by atoms with Crippen LogP contribution in [0.25, 0.3) is 0 Å². The molecule has 0 radical (unpaired) electrons. The van der Waals surface area contributed by atoms with Gasteiger partial charge in [-0.1, -0.05) is 52.6 Å². The number of hydrazone groups is 1. The van der Waals surface area contributed by atoms with Crippen LogP contribution < -0.4 is 4.74 Å². The lowest BCUT2D eigenvalue weighted by atomic mass is 9.98. The van der Waals surface area contributed by atoms with E-state index in [1.54, 1.807) is 12.1 Å². The normalized spacial score (nSPS) is 15.7. The molecule has 3 rings (SSSR count). The number of rotatable bonds is 8. The molecule has 0 aromatic heterocycles. The molecule has 2 aromatic carbocycles. The van der Waals surface area contributed by atoms with Crippen LogP contribution in [0.4, 0.5) is 0 Å². The highest BCUT2D eigenvalue weighted by Gasteiger charge is 2.31.